The number of alkyl halides is 3. The molecule has 0 unspecified atom stereocenters. The van der Waals surface area contributed by atoms with Crippen LogP contribution in [0.2, 0.25) is 0 Å². The second-order valence-corrected chi connectivity index (χ2v) is 4.47. The molecular formula is C12H6BrF4NO2. The zero-order chi connectivity index (χ0) is 14.8. The quantitative estimate of drug-likeness (QED) is 0.752. The molecule has 0 fully saturated rings. The first kappa shape index (κ1) is 14.6. The second-order valence-electron chi connectivity index (χ2n) is 3.56. The highest BCUT2D eigenvalue weighted by atomic mass is 79.9. The highest BCUT2D eigenvalue weighted by Crippen LogP contribution is 2.35. The fourth-order valence-corrected chi connectivity index (χ4v) is 1.54. The predicted molar refractivity (Wildman–Crippen MR) is 65.1 cm³/mol. The van der Waals surface area contributed by atoms with Crippen LogP contribution in [0.1, 0.15) is 0 Å². The van der Waals surface area contributed by atoms with Gasteiger partial charge in [-0.15, -0.1) is 13.2 Å². The Bertz CT molecular complexity index is 601. The van der Waals surface area contributed by atoms with Crippen molar-refractivity contribution in [3.8, 4) is 17.4 Å². The maximum atomic E-state index is 13.1. The van der Waals surface area contributed by atoms with Crippen molar-refractivity contribution in [2.75, 3.05) is 0 Å². The van der Waals surface area contributed by atoms with Gasteiger partial charge in [0.15, 0.2) is 11.5 Å². The lowest BCUT2D eigenvalue weighted by Gasteiger charge is -2.13. The van der Waals surface area contributed by atoms with Crippen LogP contribution in [0.4, 0.5) is 17.6 Å². The Morgan fingerprint density at radius 3 is 2.40 bits per heavy atom. The number of halogens is 5. The van der Waals surface area contributed by atoms with Gasteiger partial charge in [-0.2, -0.15) is 0 Å². The van der Waals surface area contributed by atoms with E-state index in [2.05, 4.69) is 25.7 Å². The highest BCUT2D eigenvalue weighted by molar-refractivity contribution is 9.10. The van der Waals surface area contributed by atoms with Crippen LogP contribution >= 0.6 is 15.9 Å². The third-order valence-electron chi connectivity index (χ3n) is 2.05. The van der Waals surface area contributed by atoms with Crippen molar-refractivity contribution in [1.29, 1.82) is 0 Å². The molecule has 2 aromatic rings. The number of nitrogens with zero attached hydrogens (tertiary/aromatic N) is 1. The Labute approximate surface area is 119 Å². The van der Waals surface area contributed by atoms with E-state index in [-0.39, 0.29) is 5.88 Å². The van der Waals surface area contributed by atoms with E-state index >= 15 is 0 Å². The zero-order valence-electron chi connectivity index (χ0n) is 9.62. The first-order valence-electron chi connectivity index (χ1n) is 5.18. The van der Waals surface area contributed by atoms with Gasteiger partial charge < -0.3 is 9.47 Å². The normalized spacial score (nSPS) is 11.2. The summed E-state index contributed by atoms with van der Waals surface area (Å²) in [7, 11) is 0. The Balaban J connectivity index is 2.29. The molecule has 0 spiro atoms. The number of pyridine rings is 1. The van der Waals surface area contributed by atoms with E-state index in [0.717, 1.165) is 18.2 Å². The van der Waals surface area contributed by atoms with Crippen LogP contribution in [-0.2, 0) is 0 Å². The number of hydrogen-bond acceptors (Lipinski definition) is 3. The summed E-state index contributed by atoms with van der Waals surface area (Å²) in [5, 5.41) is 0. The summed E-state index contributed by atoms with van der Waals surface area (Å²) in [6, 6.07) is 5.43. The summed E-state index contributed by atoms with van der Waals surface area (Å²) < 4.78 is 59.3. The van der Waals surface area contributed by atoms with Crippen molar-refractivity contribution < 1.29 is 27.0 Å². The minimum Gasteiger partial charge on any atom is -0.435 e. The molecule has 0 aliphatic carbocycles. The zero-order valence-corrected chi connectivity index (χ0v) is 11.2. The van der Waals surface area contributed by atoms with Crippen molar-refractivity contribution >= 4 is 15.9 Å². The van der Waals surface area contributed by atoms with E-state index in [4.69, 9.17) is 4.74 Å². The topological polar surface area (TPSA) is 31.4 Å². The van der Waals surface area contributed by atoms with E-state index in [1.165, 1.54) is 12.3 Å². The van der Waals surface area contributed by atoms with E-state index in [9.17, 15) is 17.6 Å². The van der Waals surface area contributed by atoms with Gasteiger partial charge in [-0.3, -0.25) is 0 Å². The molecular weight excluding hydrogens is 346 g/mol. The van der Waals surface area contributed by atoms with E-state index in [1.54, 1.807) is 6.07 Å². The van der Waals surface area contributed by atoms with E-state index in [0.29, 0.717) is 4.47 Å². The predicted octanol–water partition coefficient (Wildman–Crippen LogP) is 4.67. The number of rotatable bonds is 3. The third-order valence-corrected chi connectivity index (χ3v) is 2.52. The van der Waals surface area contributed by atoms with Gasteiger partial charge >= 0.3 is 6.36 Å². The van der Waals surface area contributed by atoms with Crippen LogP contribution in [0, 0.1) is 5.82 Å². The van der Waals surface area contributed by atoms with Crippen LogP contribution in [0.25, 0.3) is 0 Å². The molecule has 0 bridgehead atoms. The standard InChI is InChI=1S/C12H6BrF4NO2/c13-7-1-4-11(18-6-7)19-10-5-8(14)2-3-9(10)20-12(15,16)17/h1-6H. The molecule has 0 aliphatic rings. The fraction of sp³-hybridized carbons (Fsp3) is 0.0833. The van der Waals surface area contributed by atoms with Crippen LogP contribution in [0.5, 0.6) is 17.4 Å². The van der Waals surface area contributed by atoms with Crippen molar-refractivity contribution in [3.05, 3.63) is 46.8 Å². The van der Waals surface area contributed by atoms with Crippen molar-refractivity contribution in [2.24, 2.45) is 0 Å². The summed E-state index contributed by atoms with van der Waals surface area (Å²) in [6.07, 6.45) is -3.51. The van der Waals surface area contributed by atoms with Gasteiger partial charge in [-0.25, -0.2) is 9.37 Å². The molecule has 0 saturated carbocycles. The Morgan fingerprint density at radius 1 is 1.05 bits per heavy atom. The average Bonchev–Trinajstić information content (AvgIpc) is 2.34. The van der Waals surface area contributed by atoms with Gasteiger partial charge in [0.1, 0.15) is 5.82 Å². The molecule has 2 rings (SSSR count). The monoisotopic (exact) mass is 351 g/mol. The molecule has 0 saturated heterocycles. The fourth-order valence-electron chi connectivity index (χ4n) is 1.31. The molecule has 8 heteroatoms. The van der Waals surface area contributed by atoms with Crippen LogP contribution in [0.15, 0.2) is 41.0 Å². The minimum atomic E-state index is -4.90. The highest BCUT2D eigenvalue weighted by Gasteiger charge is 2.32. The van der Waals surface area contributed by atoms with Gasteiger partial charge in [0.2, 0.25) is 5.88 Å². The molecule has 106 valence electrons. The molecule has 0 atom stereocenters. The lowest BCUT2D eigenvalue weighted by molar-refractivity contribution is -0.275. The molecule has 0 amide bonds. The van der Waals surface area contributed by atoms with Crippen molar-refractivity contribution in [3.63, 3.8) is 0 Å². The molecule has 0 aliphatic heterocycles. The summed E-state index contributed by atoms with van der Waals surface area (Å²) >= 11 is 3.15. The van der Waals surface area contributed by atoms with Gasteiger partial charge in [0.05, 0.1) is 0 Å². The number of hydrogen-bond donors (Lipinski definition) is 0. The minimum absolute atomic E-state index is 0.00539. The molecule has 1 aromatic carbocycles. The average molecular weight is 352 g/mol. The van der Waals surface area contributed by atoms with Gasteiger partial charge in [0.25, 0.3) is 0 Å². The SMILES string of the molecule is Fc1ccc(OC(F)(F)F)c(Oc2ccc(Br)cn2)c1. The molecule has 0 radical (unpaired) electrons. The van der Waals surface area contributed by atoms with Crippen molar-refractivity contribution in [2.45, 2.75) is 6.36 Å². The lowest BCUT2D eigenvalue weighted by atomic mass is 10.3. The summed E-state index contributed by atoms with van der Waals surface area (Å²) in [6.45, 7) is 0. The Morgan fingerprint density at radius 2 is 1.80 bits per heavy atom. The van der Waals surface area contributed by atoms with E-state index in [1.807, 2.05) is 0 Å². The Kier molecular flexibility index (Phi) is 4.12. The lowest BCUT2D eigenvalue weighted by Crippen LogP contribution is -2.17. The van der Waals surface area contributed by atoms with Crippen molar-refractivity contribution in [1.82, 2.24) is 4.98 Å². The maximum Gasteiger partial charge on any atom is 0.573 e. The summed E-state index contributed by atoms with van der Waals surface area (Å²) in [5.41, 5.74) is 0. The third kappa shape index (κ3) is 4.09. The molecule has 0 N–H and O–H groups in total. The van der Waals surface area contributed by atoms with Crippen LogP contribution in [-0.4, -0.2) is 11.3 Å². The first-order valence-corrected chi connectivity index (χ1v) is 5.97. The van der Waals surface area contributed by atoms with Crippen LogP contribution in [0.3, 0.4) is 0 Å². The first-order chi connectivity index (χ1) is 9.33. The molecule has 1 aromatic heterocycles. The number of aromatic nitrogens is 1. The summed E-state index contributed by atoms with van der Waals surface area (Å²) in [5.74, 6) is -1.82. The maximum absolute atomic E-state index is 13.1. The molecule has 1 heterocycles. The number of benzene rings is 1. The Hall–Kier alpha value is -1.83. The largest absolute Gasteiger partial charge is 0.573 e. The molecule has 3 nitrogen and oxygen atoms in total. The molecule has 20 heavy (non-hydrogen) atoms. The smallest absolute Gasteiger partial charge is 0.435 e. The van der Waals surface area contributed by atoms with Gasteiger partial charge in [-0.1, -0.05) is 0 Å². The van der Waals surface area contributed by atoms with Gasteiger partial charge in [-0.05, 0) is 34.1 Å². The second kappa shape index (κ2) is 5.66. The van der Waals surface area contributed by atoms with Crippen LogP contribution < -0.4 is 9.47 Å². The summed E-state index contributed by atoms with van der Waals surface area (Å²) in [4.78, 5) is 3.81. The van der Waals surface area contributed by atoms with E-state index < -0.39 is 23.7 Å². The number of ether oxygens (including phenoxy) is 2. The van der Waals surface area contributed by atoms with Gasteiger partial charge in [0, 0.05) is 22.8 Å².